The SMILES string of the molecule is O=C(Nc1ccc(N2CCOCC2)cc1)C1CCN(C(=O)c2ccc(F)cc2)CC1. The van der Waals surface area contributed by atoms with Gasteiger partial charge in [-0.25, -0.2) is 4.39 Å². The summed E-state index contributed by atoms with van der Waals surface area (Å²) >= 11 is 0. The molecule has 0 aromatic heterocycles. The lowest BCUT2D eigenvalue weighted by molar-refractivity contribution is -0.121. The Morgan fingerprint density at radius 3 is 2.17 bits per heavy atom. The van der Waals surface area contributed by atoms with Crippen molar-refractivity contribution in [2.24, 2.45) is 5.92 Å². The number of likely N-dealkylation sites (tertiary alicyclic amines) is 1. The van der Waals surface area contributed by atoms with Crippen molar-refractivity contribution in [3.63, 3.8) is 0 Å². The van der Waals surface area contributed by atoms with Gasteiger partial charge in [-0.3, -0.25) is 9.59 Å². The highest BCUT2D eigenvalue weighted by Gasteiger charge is 2.28. The molecule has 2 fully saturated rings. The molecule has 2 aromatic carbocycles. The Morgan fingerprint density at radius 2 is 1.53 bits per heavy atom. The minimum absolute atomic E-state index is 0.0111. The number of rotatable bonds is 4. The van der Waals surface area contributed by atoms with Gasteiger partial charge in [-0.15, -0.1) is 0 Å². The van der Waals surface area contributed by atoms with Crippen molar-refractivity contribution in [2.45, 2.75) is 12.8 Å². The summed E-state index contributed by atoms with van der Waals surface area (Å²) in [6, 6.07) is 13.5. The molecule has 4 rings (SSSR count). The molecule has 2 heterocycles. The third-order valence-electron chi connectivity index (χ3n) is 5.76. The van der Waals surface area contributed by atoms with Gasteiger partial charge in [-0.1, -0.05) is 0 Å². The van der Waals surface area contributed by atoms with Crippen LogP contribution in [0, 0.1) is 11.7 Å². The molecular weight excluding hydrogens is 385 g/mol. The molecule has 0 atom stereocenters. The highest BCUT2D eigenvalue weighted by atomic mass is 19.1. The van der Waals surface area contributed by atoms with Crippen LogP contribution in [0.4, 0.5) is 15.8 Å². The topological polar surface area (TPSA) is 61.9 Å². The van der Waals surface area contributed by atoms with Gasteiger partial charge in [-0.05, 0) is 61.4 Å². The van der Waals surface area contributed by atoms with Gasteiger partial charge in [0.25, 0.3) is 5.91 Å². The molecule has 1 N–H and O–H groups in total. The molecule has 0 unspecified atom stereocenters. The van der Waals surface area contributed by atoms with E-state index in [2.05, 4.69) is 10.2 Å². The molecule has 30 heavy (non-hydrogen) atoms. The van der Waals surface area contributed by atoms with Crippen molar-refractivity contribution in [1.82, 2.24) is 4.90 Å². The van der Waals surface area contributed by atoms with Crippen molar-refractivity contribution >= 4 is 23.2 Å². The second kappa shape index (κ2) is 9.26. The van der Waals surface area contributed by atoms with Crippen molar-refractivity contribution < 1.29 is 18.7 Å². The van der Waals surface area contributed by atoms with E-state index >= 15 is 0 Å². The van der Waals surface area contributed by atoms with Crippen LogP contribution in [-0.2, 0) is 9.53 Å². The van der Waals surface area contributed by atoms with E-state index in [1.807, 2.05) is 24.3 Å². The number of hydrogen-bond donors (Lipinski definition) is 1. The first-order valence-corrected chi connectivity index (χ1v) is 10.4. The first-order chi connectivity index (χ1) is 14.6. The predicted octanol–water partition coefficient (Wildman–Crippen LogP) is 3.15. The number of morpholine rings is 1. The van der Waals surface area contributed by atoms with Crippen LogP contribution in [-0.4, -0.2) is 56.1 Å². The van der Waals surface area contributed by atoms with Crippen LogP contribution in [0.15, 0.2) is 48.5 Å². The number of ether oxygens (including phenoxy) is 1. The van der Waals surface area contributed by atoms with E-state index in [0.717, 1.165) is 37.7 Å². The number of halogens is 1. The number of hydrogen-bond acceptors (Lipinski definition) is 4. The summed E-state index contributed by atoms with van der Waals surface area (Å²) in [4.78, 5) is 29.2. The number of nitrogens with zero attached hydrogens (tertiary/aromatic N) is 2. The van der Waals surface area contributed by atoms with Gasteiger partial charge in [0.15, 0.2) is 0 Å². The summed E-state index contributed by atoms with van der Waals surface area (Å²) in [5, 5.41) is 3.00. The van der Waals surface area contributed by atoms with Gasteiger partial charge in [-0.2, -0.15) is 0 Å². The molecule has 0 bridgehead atoms. The van der Waals surface area contributed by atoms with E-state index in [1.54, 1.807) is 4.90 Å². The number of carbonyl (C=O) groups excluding carboxylic acids is 2. The number of piperidine rings is 1. The van der Waals surface area contributed by atoms with E-state index in [4.69, 9.17) is 4.74 Å². The zero-order valence-corrected chi connectivity index (χ0v) is 16.9. The monoisotopic (exact) mass is 411 g/mol. The molecule has 7 heteroatoms. The lowest BCUT2D eigenvalue weighted by Crippen LogP contribution is -2.41. The predicted molar refractivity (Wildman–Crippen MR) is 113 cm³/mol. The van der Waals surface area contributed by atoms with Gasteiger partial charge in [0, 0.05) is 49.0 Å². The van der Waals surface area contributed by atoms with E-state index < -0.39 is 0 Å². The molecule has 158 valence electrons. The minimum Gasteiger partial charge on any atom is -0.378 e. The fourth-order valence-corrected chi connectivity index (χ4v) is 3.94. The number of benzene rings is 2. The molecule has 2 amide bonds. The summed E-state index contributed by atoms with van der Waals surface area (Å²) in [5.41, 5.74) is 2.38. The summed E-state index contributed by atoms with van der Waals surface area (Å²) in [5.74, 6) is -0.614. The standard InChI is InChI=1S/C23H26FN3O3/c24-19-3-1-18(2-4-19)23(29)27-11-9-17(10-12-27)22(28)25-20-5-7-21(8-6-20)26-13-15-30-16-14-26/h1-8,17H,9-16H2,(H,25,28). The Kier molecular flexibility index (Phi) is 6.28. The maximum atomic E-state index is 13.1. The van der Waals surface area contributed by atoms with Crippen LogP contribution in [0.2, 0.25) is 0 Å². The number of carbonyl (C=O) groups is 2. The van der Waals surface area contributed by atoms with Crippen LogP contribution in [0.3, 0.4) is 0 Å². The molecule has 0 radical (unpaired) electrons. The molecule has 2 aromatic rings. The van der Waals surface area contributed by atoms with Crippen molar-refractivity contribution in [3.8, 4) is 0 Å². The lowest BCUT2D eigenvalue weighted by atomic mass is 9.95. The van der Waals surface area contributed by atoms with Crippen LogP contribution in [0.25, 0.3) is 0 Å². The Bertz CT molecular complexity index is 872. The van der Waals surface area contributed by atoms with E-state index in [9.17, 15) is 14.0 Å². The maximum Gasteiger partial charge on any atom is 0.253 e. The third kappa shape index (κ3) is 4.79. The van der Waals surface area contributed by atoms with E-state index in [1.165, 1.54) is 24.3 Å². The quantitative estimate of drug-likeness (QED) is 0.840. The second-order valence-electron chi connectivity index (χ2n) is 7.71. The maximum absolute atomic E-state index is 13.1. The van der Waals surface area contributed by atoms with Crippen LogP contribution in [0.5, 0.6) is 0 Å². The highest BCUT2D eigenvalue weighted by molar-refractivity contribution is 5.95. The van der Waals surface area contributed by atoms with Gasteiger partial charge < -0.3 is 19.9 Å². The molecule has 6 nitrogen and oxygen atoms in total. The van der Waals surface area contributed by atoms with Gasteiger partial charge in [0.1, 0.15) is 5.82 Å². The van der Waals surface area contributed by atoms with Gasteiger partial charge in [0.05, 0.1) is 13.2 Å². The average molecular weight is 411 g/mol. The molecular formula is C23H26FN3O3. The third-order valence-corrected chi connectivity index (χ3v) is 5.76. The zero-order chi connectivity index (χ0) is 20.9. The molecule has 0 spiro atoms. The Hall–Kier alpha value is -2.93. The van der Waals surface area contributed by atoms with Crippen LogP contribution >= 0.6 is 0 Å². The van der Waals surface area contributed by atoms with Crippen LogP contribution in [0.1, 0.15) is 23.2 Å². The largest absolute Gasteiger partial charge is 0.378 e. The normalized spacial score (nSPS) is 17.6. The molecule has 2 aliphatic rings. The zero-order valence-electron chi connectivity index (χ0n) is 16.9. The number of anilines is 2. The van der Waals surface area contributed by atoms with Gasteiger partial charge >= 0.3 is 0 Å². The smallest absolute Gasteiger partial charge is 0.253 e. The van der Waals surface area contributed by atoms with Crippen molar-refractivity contribution in [2.75, 3.05) is 49.6 Å². The van der Waals surface area contributed by atoms with Crippen molar-refractivity contribution in [3.05, 3.63) is 59.9 Å². The molecule has 2 aliphatic heterocycles. The fourth-order valence-electron chi connectivity index (χ4n) is 3.94. The Labute approximate surface area is 175 Å². The average Bonchev–Trinajstić information content (AvgIpc) is 2.80. The van der Waals surface area contributed by atoms with Crippen LogP contribution < -0.4 is 10.2 Å². The number of nitrogens with one attached hydrogen (secondary N) is 1. The van der Waals surface area contributed by atoms with Crippen molar-refractivity contribution in [1.29, 1.82) is 0 Å². The Morgan fingerprint density at radius 1 is 0.900 bits per heavy atom. The fraction of sp³-hybridized carbons (Fsp3) is 0.391. The summed E-state index contributed by atoms with van der Waals surface area (Å²) < 4.78 is 18.4. The molecule has 2 saturated heterocycles. The summed E-state index contributed by atoms with van der Waals surface area (Å²) in [6.07, 6.45) is 1.23. The molecule has 0 aliphatic carbocycles. The first kappa shape index (κ1) is 20.3. The first-order valence-electron chi connectivity index (χ1n) is 10.4. The Balaban J connectivity index is 1.28. The lowest BCUT2D eigenvalue weighted by Gasteiger charge is -2.31. The molecule has 0 saturated carbocycles. The highest BCUT2D eigenvalue weighted by Crippen LogP contribution is 2.23. The number of amides is 2. The summed E-state index contributed by atoms with van der Waals surface area (Å²) in [7, 11) is 0. The van der Waals surface area contributed by atoms with Gasteiger partial charge in [0.2, 0.25) is 5.91 Å². The second-order valence-corrected chi connectivity index (χ2v) is 7.71. The minimum atomic E-state index is -0.361. The van der Waals surface area contributed by atoms with E-state index in [0.29, 0.717) is 31.5 Å². The summed E-state index contributed by atoms with van der Waals surface area (Å²) in [6.45, 7) is 4.26. The van der Waals surface area contributed by atoms with E-state index in [-0.39, 0.29) is 23.5 Å².